The second-order valence-electron chi connectivity index (χ2n) is 5.32. The van der Waals surface area contributed by atoms with Gasteiger partial charge in [0.25, 0.3) is 5.91 Å². The molecule has 0 saturated carbocycles. The zero-order valence-corrected chi connectivity index (χ0v) is 15.4. The van der Waals surface area contributed by atoms with Crippen molar-refractivity contribution in [3.05, 3.63) is 76.5 Å². The summed E-state index contributed by atoms with van der Waals surface area (Å²) in [4.78, 5) is 25.4. The maximum absolute atomic E-state index is 12.1. The summed E-state index contributed by atoms with van der Waals surface area (Å²) in [5.74, 6) is -0.320. The predicted octanol–water partition coefficient (Wildman–Crippen LogP) is 3.96. The molecule has 1 aromatic heterocycles. The van der Waals surface area contributed by atoms with Gasteiger partial charge in [0.15, 0.2) is 0 Å². The highest BCUT2D eigenvalue weighted by atomic mass is 32.2. The van der Waals surface area contributed by atoms with Gasteiger partial charge in [0.2, 0.25) is 0 Å². The second-order valence-corrected chi connectivity index (χ2v) is 7.65. The Hall–Kier alpha value is -2.77. The molecule has 0 spiro atoms. The van der Waals surface area contributed by atoms with E-state index in [2.05, 4.69) is 5.32 Å². The van der Waals surface area contributed by atoms with Gasteiger partial charge in [0.05, 0.1) is 10.4 Å². The van der Waals surface area contributed by atoms with Crippen LogP contribution in [0.3, 0.4) is 0 Å². The van der Waals surface area contributed by atoms with Crippen LogP contribution in [0.2, 0.25) is 0 Å². The number of carbonyl (C=O) groups is 2. The molecule has 2 aromatic carbocycles. The van der Waals surface area contributed by atoms with Crippen molar-refractivity contribution in [2.45, 2.75) is 4.90 Å². The molecular formula is C19H15NO4S2. The van der Waals surface area contributed by atoms with E-state index in [1.54, 1.807) is 60.9 Å². The summed E-state index contributed by atoms with van der Waals surface area (Å²) < 4.78 is 16.7. The number of carbonyl (C=O) groups excluding carboxylic acids is 2. The summed E-state index contributed by atoms with van der Waals surface area (Å²) in [6.45, 7) is 0. The third kappa shape index (κ3) is 4.44. The van der Waals surface area contributed by atoms with E-state index in [1.807, 2.05) is 11.4 Å². The number of hydrogen-bond donors (Lipinski definition) is 1. The standard InChI is InChI=1S/C19H15NO4S2/c1-26(23)16-10-4-13(5-11-16)19(22)24-15-8-6-14(7-9-15)20-18(21)17-3-2-12-25-17/h2-12H,1H3,(H,20,21). The van der Waals surface area contributed by atoms with Crippen molar-refractivity contribution in [2.75, 3.05) is 11.6 Å². The van der Waals surface area contributed by atoms with Crippen LogP contribution in [0, 0.1) is 0 Å². The van der Waals surface area contributed by atoms with E-state index in [9.17, 15) is 13.8 Å². The van der Waals surface area contributed by atoms with Gasteiger partial charge in [-0.05, 0) is 60.0 Å². The molecule has 1 amide bonds. The fourth-order valence-corrected chi connectivity index (χ4v) is 3.29. The van der Waals surface area contributed by atoms with Gasteiger partial charge >= 0.3 is 5.97 Å². The highest BCUT2D eigenvalue weighted by Crippen LogP contribution is 2.19. The maximum Gasteiger partial charge on any atom is 0.343 e. The van der Waals surface area contributed by atoms with Crippen molar-refractivity contribution >= 4 is 39.7 Å². The largest absolute Gasteiger partial charge is 0.423 e. The minimum atomic E-state index is -1.09. The lowest BCUT2D eigenvalue weighted by atomic mass is 10.2. The van der Waals surface area contributed by atoms with Crippen LogP contribution >= 0.6 is 11.3 Å². The molecule has 1 unspecified atom stereocenters. The Kier molecular flexibility index (Phi) is 5.60. The molecule has 5 nitrogen and oxygen atoms in total. The molecule has 0 aliphatic rings. The first kappa shape index (κ1) is 18.0. The lowest BCUT2D eigenvalue weighted by Crippen LogP contribution is -2.10. The first-order valence-electron chi connectivity index (χ1n) is 7.63. The molecule has 0 bridgehead atoms. The quantitative estimate of drug-likeness (QED) is 0.533. The number of thiophene rings is 1. The Morgan fingerprint density at radius 3 is 2.27 bits per heavy atom. The lowest BCUT2D eigenvalue weighted by molar-refractivity contribution is 0.0734. The number of rotatable bonds is 5. The van der Waals surface area contributed by atoms with Crippen molar-refractivity contribution in [1.82, 2.24) is 0 Å². The van der Waals surface area contributed by atoms with Gasteiger partial charge in [-0.3, -0.25) is 9.00 Å². The summed E-state index contributed by atoms with van der Waals surface area (Å²) in [6.07, 6.45) is 1.58. The van der Waals surface area contributed by atoms with Crippen LogP contribution in [-0.2, 0) is 10.8 Å². The highest BCUT2D eigenvalue weighted by molar-refractivity contribution is 7.84. The third-order valence-corrected chi connectivity index (χ3v) is 5.29. The molecule has 1 heterocycles. The molecule has 1 atom stereocenters. The predicted molar refractivity (Wildman–Crippen MR) is 102 cm³/mol. The van der Waals surface area contributed by atoms with Gasteiger partial charge in [0, 0.05) is 27.6 Å². The van der Waals surface area contributed by atoms with Crippen LogP contribution in [0.25, 0.3) is 0 Å². The fourth-order valence-electron chi connectivity index (χ4n) is 2.16. The minimum absolute atomic E-state index is 0.182. The average Bonchev–Trinajstić information content (AvgIpc) is 3.18. The summed E-state index contributed by atoms with van der Waals surface area (Å²) in [5.41, 5.74) is 0.979. The number of nitrogens with one attached hydrogen (secondary N) is 1. The van der Waals surface area contributed by atoms with Gasteiger partial charge in [-0.2, -0.15) is 0 Å². The van der Waals surface area contributed by atoms with E-state index in [1.165, 1.54) is 11.3 Å². The maximum atomic E-state index is 12.1. The van der Waals surface area contributed by atoms with Crippen molar-refractivity contribution in [3.63, 3.8) is 0 Å². The molecule has 3 rings (SSSR count). The molecule has 3 aromatic rings. The first-order valence-corrected chi connectivity index (χ1v) is 10.1. The molecule has 0 radical (unpaired) electrons. The number of hydrogen-bond acceptors (Lipinski definition) is 5. The summed E-state index contributed by atoms with van der Waals surface area (Å²) in [6, 6.07) is 16.5. The molecule has 0 fully saturated rings. The van der Waals surface area contributed by atoms with E-state index < -0.39 is 16.8 Å². The Morgan fingerprint density at radius 2 is 1.69 bits per heavy atom. The van der Waals surface area contributed by atoms with E-state index in [0.29, 0.717) is 26.8 Å². The van der Waals surface area contributed by atoms with Crippen LogP contribution in [0.15, 0.2) is 70.9 Å². The van der Waals surface area contributed by atoms with Gasteiger partial charge in [-0.15, -0.1) is 11.3 Å². The molecular weight excluding hydrogens is 370 g/mol. The smallest absolute Gasteiger partial charge is 0.343 e. The minimum Gasteiger partial charge on any atom is -0.423 e. The fraction of sp³-hybridized carbons (Fsp3) is 0.0526. The zero-order chi connectivity index (χ0) is 18.5. The Labute approximate surface area is 157 Å². The van der Waals surface area contributed by atoms with Gasteiger partial charge < -0.3 is 10.1 Å². The average molecular weight is 385 g/mol. The third-order valence-electron chi connectivity index (χ3n) is 3.49. The number of ether oxygens (including phenoxy) is 1. The van der Waals surface area contributed by atoms with Crippen LogP contribution in [0.4, 0.5) is 5.69 Å². The van der Waals surface area contributed by atoms with E-state index in [-0.39, 0.29) is 5.91 Å². The van der Waals surface area contributed by atoms with Crippen LogP contribution in [-0.4, -0.2) is 22.3 Å². The number of benzene rings is 2. The van der Waals surface area contributed by atoms with Crippen molar-refractivity contribution in [3.8, 4) is 5.75 Å². The normalized spacial score (nSPS) is 11.6. The van der Waals surface area contributed by atoms with E-state index in [4.69, 9.17) is 4.74 Å². The molecule has 0 aliphatic carbocycles. The van der Waals surface area contributed by atoms with Gasteiger partial charge in [0.1, 0.15) is 5.75 Å². The summed E-state index contributed by atoms with van der Waals surface area (Å²) >= 11 is 1.36. The molecule has 1 N–H and O–H groups in total. The van der Waals surface area contributed by atoms with Crippen LogP contribution in [0.1, 0.15) is 20.0 Å². The Morgan fingerprint density at radius 1 is 1.00 bits per heavy atom. The van der Waals surface area contributed by atoms with Crippen LogP contribution in [0.5, 0.6) is 5.75 Å². The van der Waals surface area contributed by atoms with E-state index >= 15 is 0 Å². The number of amides is 1. The second kappa shape index (κ2) is 8.07. The van der Waals surface area contributed by atoms with Crippen LogP contribution < -0.4 is 10.1 Å². The highest BCUT2D eigenvalue weighted by Gasteiger charge is 2.10. The molecule has 7 heteroatoms. The van der Waals surface area contributed by atoms with Crippen molar-refractivity contribution < 1.29 is 18.5 Å². The van der Waals surface area contributed by atoms with Crippen molar-refractivity contribution in [2.24, 2.45) is 0 Å². The molecule has 26 heavy (non-hydrogen) atoms. The Balaban J connectivity index is 1.62. The number of anilines is 1. The van der Waals surface area contributed by atoms with Gasteiger partial charge in [-0.1, -0.05) is 6.07 Å². The first-order chi connectivity index (χ1) is 12.5. The van der Waals surface area contributed by atoms with E-state index in [0.717, 1.165) is 0 Å². The van der Waals surface area contributed by atoms with Gasteiger partial charge in [-0.25, -0.2) is 4.79 Å². The monoisotopic (exact) mass is 385 g/mol. The summed E-state index contributed by atoms with van der Waals surface area (Å²) in [7, 11) is -1.09. The topological polar surface area (TPSA) is 72.5 Å². The molecule has 132 valence electrons. The number of esters is 1. The SMILES string of the molecule is CS(=O)c1ccc(C(=O)Oc2ccc(NC(=O)c3cccs3)cc2)cc1. The van der Waals surface area contributed by atoms with Crippen molar-refractivity contribution in [1.29, 1.82) is 0 Å². The Bertz CT molecular complexity index is 933. The summed E-state index contributed by atoms with van der Waals surface area (Å²) in [5, 5.41) is 4.61. The zero-order valence-electron chi connectivity index (χ0n) is 13.8. The molecule has 0 saturated heterocycles. The lowest BCUT2D eigenvalue weighted by Gasteiger charge is -2.07. The molecule has 0 aliphatic heterocycles.